The number of nitrogens with one attached hydrogen (secondary N) is 1. The lowest BCUT2D eigenvalue weighted by molar-refractivity contribution is -0.141. The molecule has 0 heterocycles. The van der Waals surface area contributed by atoms with Crippen LogP contribution in [0.5, 0.6) is 0 Å². The van der Waals surface area contributed by atoms with Gasteiger partial charge in [-0.2, -0.15) is 0 Å². The molecule has 0 unspecified atom stereocenters. The number of hydrogen-bond acceptors (Lipinski definition) is 3. The highest BCUT2D eigenvalue weighted by Gasteiger charge is 2.36. The van der Waals surface area contributed by atoms with E-state index in [2.05, 4.69) is 5.32 Å². The Hall–Kier alpha value is -1.10. The fraction of sp³-hybridized carbons (Fsp3) is 0.867. The lowest BCUT2D eigenvalue weighted by Gasteiger charge is -2.36. The van der Waals surface area contributed by atoms with Crippen LogP contribution in [-0.2, 0) is 9.59 Å². The Balaban J connectivity index is 2.64. The molecule has 3 N–H and O–H groups in total. The second kappa shape index (κ2) is 7.62. The van der Waals surface area contributed by atoms with Crippen LogP contribution in [0.4, 0.5) is 0 Å². The Morgan fingerprint density at radius 3 is 2.20 bits per heavy atom. The van der Waals surface area contributed by atoms with E-state index in [1.165, 1.54) is 0 Å². The highest BCUT2D eigenvalue weighted by molar-refractivity contribution is 5.78. The smallest absolute Gasteiger partial charge is 0.303 e. The van der Waals surface area contributed by atoms with Gasteiger partial charge in [0.1, 0.15) is 0 Å². The molecule has 5 heteroatoms. The average molecular weight is 285 g/mol. The van der Waals surface area contributed by atoms with E-state index < -0.39 is 11.4 Å². The molecule has 1 aliphatic rings. The molecule has 1 fully saturated rings. The van der Waals surface area contributed by atoms with Crippen molar-refractivity contribution in [3.8, 4) is 0 Å². The maximum absolute atomic E-state index is 12.2. The van der Waals surface area contributed by atoms with E-state index >= 15 is 0 Å². The normalized spacial score (nSPS) is 19.6. The zero-order valence-electron chi connectivity index (χ0n) is 12.5. The number of carbonyl (C=O) groups is 2. The van der Waals surface area contributed by atoms with Crippen LogP contribution in [0.3, 0.4) is 0 Å². The molecule has 0 aromatic heterocycles. The van der Waals surface area contributed by atoms with Crippen LogP contribution in [-0.4, -0.2) is 34.7 Å². The predicted octanol–water partition coefficient (Wildman–Crippen LogP) is 1.93. The summed E-state index contributed by atoms with van der Waals surface area (Å²) < 4.78 is 0. The first-order valence-corrected chi connectivity index (χ1v) is 7.50. The van der Waals surface area contributed by atoms with Crippen molar-refractivity contribution in [2.24, 2.45) is 11.3 Å². The van der Waals surface area contributed by atoms with Crippen LogP contribution in [0, 0.1) is 11.3 Å². The van der Waals surface area contributed by atoms with Crippen molar-refractivity contribution in [3.63, 3.8) is 0 Å². The first-order chi connectivity index (χ1) is 9.38. The largest absolute Gasteiger partial charge is 0.481 e. The maximum atomic E-state index is 12.2. The molecular weight excluding hydrogens is 258 g/mol. The monoisotopic (exact) mass is 285 g/mol. The number of carbonyl (C=O) groups excluding carboxylic acids is 1. The van der Waals surface area contributed by atoms with Crippen molar-refractivity contribution in [3.05, 3.63) is 0 Å². The minimum Gasteiger partial charge on any atom is -0.481 e. The Morgan fingerprint density at radius 2 is 1.75 bits per heavy atom. The van der Waals surface area contributed by atoms with Crippen LogP contribution in [0.1, 0.15) is 58.8 Å². The molecule has 1 saturated carbocycles. The SMILES string of the molecule is CC(C)[C@@H](CO)NC(=O)CC1(CC(=O)O)CCCCC1. The molecule has 0 spiro atoms. The summed E-state index contributed by atoms with van der Waals surface area (Å²) >= 11 is 0. The van der Waals surface area contributed by atoms with Gasteiger partial charge in [-0.1, -0.05) is 33.1 Å². The Kier molecular flexibility index (Phi) is 6.46. The van der Waals surface area contributed by atoms with Crippen molar-refractivity contribution in [2.45, 2.75) is 64.8 Å². The standard InChI is InChI=1S/C15H27NO4/c1-11(2)12(10-17)16-13(18)8-15(9-14(19)20)6-4-3-5-7-15/h11-12,17H,3-10H2,1-2H3,(H,16,18)(H,19,20)/t12-/m1/s1. The van der Waals surface area contributed by atoms with E-state index in [0.717, 1.165) is 32.1 Å². The average Bonchev–Trinajstić information content (AvgIpc) is 2.35. The predicted molar refractivity (Wildman–Crippen MR) is 76.2 cm³/mol. The summed E-state index contributed by atoms with van der Waals surface area (Å²) in [7, 11) is 0. The summed E-state index contributed by atoms with van der Waals surface area (Å²) in [4.78, 5) is 23.2. The topological polar surface area (TPSA) is 86.6 Å². The lowest BCUT2D eigenvalue weighted by atomic mass is 9.69. The number of rotatable bonds is 7. The van der Waals surface area contributed by atoms with Gasteiger partial charge in [-0.3, -0.25) is 9.59 Å². The zero-order valence-corrected chi connectivity index (χ0v) is 12.5. The number of aliphatic hydroxyl groups excluding tert-OH is 1. The van der Waals surface area contributed by atoms with Crippen LogP contribution in [0.25, 0.3) is 0 Å². The molecule has 0 aliphatic heterocycles. The van der Waals surface area contributed by atoms with E-state index in [4.69, 9.17) is 5.11 Å². The van der Waals surface area contributed by atoms with Gasteiger partial charge in [0.15, 0.2) is 0 Å². The van der Waals surface area contributed by atoms with Gasteiger partial charge < -0.3 is 15.5 Å². The van der Waals surface area contributed by atoms with Crippen molar-refractivity contribution >= 4 is 11.9 Å². The fourth-order valence-corrected chi connectivity index (χ4v) is 3.06. The van der Waals surface area contributed by atoms with Crippen LogP contribution in [0.15, 0.2) is 0 Å². The summed E-state index contributed by atoms with van der Waals surface area (Å²) in [5.74, 6) is -0.811. The van der Waals surface area contributed by atoms with E-state index in [1.54, 1.807) is 0 Å². The fourth-order valence-electron chi connectivity index (χ4n) is 3.06. The number of hydrogen-bond donors (Lipinski definition) is 3. The molecule has 1 amide bonds. The van der Waals surface area contributed by atoms with E-state index in [1.807, 2.05) is 13.8 Å². The van der Waals surface area contributed by atoms with Crippen molar-refractivity contribution in [1.82, 2.24) is 5.32 Å². The highest BCUT2D eigenvalue weighted by atomic mass is 16.4. The number of aliphatic carboxylic acids is 1. The zero-order chi connectivity index (χ0) is 15.2. The minimum atomic E-state index is -0.831. The number of carboxylic acids is 1. The first kappa shape index (κ1) is 17.0. The second-order valence-corrected chi connectivity index (χ2v) is 6.41. The summed E-state index contributed by atoms with van der Waals surface area (Å²) in [5, 5.41) is 21.2. The summed E-state index contributed by atoms with van der Waals surface area (Å²) in [6, 6.07) is -0.257. The molecule has 0 bridgehead atoms. The van der Waals surface area contributed by atoms with Gasteiger partial charge >= 0.3 is 5.97 Å². The third-order valence-corrected chi connectivity index (χ3v) is 4.32. The van der Waals surface area contributed by atoms with Gasteiger partial charge in [0.05, 0.1) is 19.1 Å². The molecule has 1 rings (SSSR count). The lowest BCUT2D eigenvalue weighted by Crippen LogP contribution is -2.44. The Morgan fingerprint density at radius 1 is 1.15 bits per heavy atom. The van der Waals surface area contributed by atoms with Crippen LogP contribution < -0.4 is 5.32 Å². The van der Waals surface area contributed by atoms with Gasteiger partial charge in [0.25, 0.3) is 0 Å². The molecule has 5 nitrogen and oxygen atoms in total. The third-order valence-electron chi connectivity index (χ3n) is 4.32. The van der Waals surface area contributed by atoms with E-state index in [9.17, 15) is 14.7 Å². The molecule has 116 valence electrons. The van der Waals surface area contributed by atoms with E-state index in [0.29, 0.717) is 0 Å². The molecule has 1 aliphatic carbocycles. The van der Waals surface area contributed by atoms with E-state index in [-0.39, 0.29) is 37.3 Å². The molecule has 0 radical (unpaired) electrons. The first-order valence-electron chi connectivity index (χ1n) is 7.50. The molecule has 1 atom stereocenters. The summed E-state index contributed by atoms with van der Waals surface area (Å²) in [5.41, 5.74) is -0.398. The van der Waals surface area contributed by atoms with Gasteiger partial charge in [-0.15, -0.1) is 0 Å². The molecule has 0 saturated heterocycles. The second-order valence-electron chi connectivity index (χ2n) is 6.41. The summed E-state index contributed by atoms with van der Waals surface area (Å²) in [6.45, 7) is 3.79. The summed E-state index contributed by atoms with van der Waals surface area (Å²) in [6.07, 6.45) is 5.03. The van der Waals surface area contributed by atoms with Crippen molar-refractivity contribution in [2.75, 3.05) is 6.61 Å². The Bertz CT molecular complexity index is 335. The number of aliphatic hydroxyl groups is 1. The van der Waals surface area contributed by atoms with Gasteiger partial charge in [-0.05, 0) is 24.2 Å². The minimum absolute atomic E-state index is 0.0614. The van der Waals surface area contributed by atoms with Gasteiger partial charge in [0.2, 0.25) is 5.91 Å². The molecule has 20 heavy (non-hydrogen) atoms. The van der Waals surface area contributed by atoms with Crippen molar-refractivity contribution < 1.29 is 19.8 Å². The highest BCUT2D eigenvalue weighted by Crippen LogP contribution is 2.42. The number of carboxylic acid groups (broad SMARTS) is 1. The van der Waals surface area contributed by atoms with Gasteiger partial charge in [0, 0.05) is 6.42 Å². The number of amides is 1. The Labute approximate surface area is 120 Å². The van der Waals surface area contributed by atoms with Crippen molar-refractivity contribution in [1.29, 1.82) is 0 Å². The molecule has 0 aromatic carbocycles. The molecular formula is C15H27NO4. The van der Waals surface area contributed by atoms with Gasteiger partial charge in [-0.25, -0.2) is 0 Å². The van der Waals surface area contributed by atoms with Crippen LogP contribution in [0.2, 0.25) is 0 Å². The van der Waals surface area contributed by atoms with Crippen LogP contribution >= 0.6 is 0 Å². The quantitative estimate of drug-likeness (QED) is 0.667. The maximum Gasteiger partial charge on any atom is 0.303 e. The third kappa shape index (κ3) is 5.12. The molecule has 0 aromatic rings.